The Labute approximate surface area is 173 Å². The van der Waals surface area contributed by atoms with E-state index >= 15 is 0 Å². The van der Waals surface area contributed by atoms with Gasteiger partial charge < -0.3 is 4.90 Å². The van der Waals surface area contributed by atoms with Gasteiger partial charge in [-0.05, 0) is 76.0 Å². The number of hydrogen-bond donors (Lipinski definition) is 0. The van der Waals surface area contributed by atoms with Gasteiger partial charge in [-0.2, -0.15) is 13.2 Å². The van der Waals surface area contributed by atoms with E-state index in [0.29, 0.717) is 12.5 Å². The Morgan fingerprint density at radius 3 is 2.00 bits per heavy atom. The minimum atomic E-state index is -4.47. The van der Waals surface area contributed by atoms with E-state index in [1.807, 2.05) is 0 Å². The SMILES string of the molecule is CN(C)CCCC[C@H]1CC[C@H](CN(C)S(=O)(=O)c2ccc(C(F)(F)F)cc2)CC1. The lowest BCUT2D eigenvalue weighted by molar-refractivity contribution is -0.137. The molecule has 0 radical (unpaired) electrons. The summed E-state index contributed by atoms with van der Waals surface area (Å²) in [5.41, 5.74) is -0.844. The molecule has 0 amide bonds. The molecule has 2 rings (SSSR count). The van der Waals surface area contributed by atoms with Gasteiger partial charge in [0.15, 0.2) is 0 Å². The second kappa shape index (κ2) is 10.3. The second-order valence-corrected chi connectivity index (χ2v) is 10.5. The fourth-order valence-electron chi connectivity index (χ4n) is 4.02. The highest BCUT2D eigenvalue weighted by Crippen LogP contribution is 2.33. The molecule has 0 atom stereocenters. The minimum Gasteiger partial charge on any atom is -0.309 e. The molecule has 0 heterocycles. The third-order valence-electron chi connectivity index (χ3n) is 5.84. The van der Waals surface area contributed by atoms with Crippen LogP contribution < -0.4 is 0 Å². The van der Waals surface area contributed by atoms with E-state index in [9.17, 15) is 21.6 Å². The lowest BCUT2D eigenvalue weighted by atomic mass is 9.80. The smallest absolute Gasteiger partial charge is 0.309 e. The summed E-state index contributed by atoms with van der Waals surface area (Å²) in [5, 5.41) is 0. The number of halogens is 3. The van der Waals surface area contributed by atoms with Crippen LogP contribution in [0.15, 0.2) is 29.2 Å². The van der Waals surface area contributed by atoms with Crippen molar-refractivity contribution in [3.05, 3.63) is 29.8 Å². The highest BCUT2D eigenvalue weighted by molar-refractivity contribution is 7.89. The molecule has 0 aliphatic heterocycles. The van der Waals surface area contributed by atoms with Gasteiger partial charge in [0.05, 0.1) is 10.5 Å². The van der Waals surface area contributed by atoms with Crippen molar-refractivity contribution in [3.63, 3.8) is 0 Å². The van der Waals surface area contributed by atoms with E-state index in [2.05, 4.69) is 19.0 Å². The average Bonchev–Trinajstić information content (AvgIpc) is 2.65. The van der Waals surface area contributed by atoms with Crippen LogP contribution >= 0.6 is 0 Å². The molecule has 1 aromatic carbocycles. The van der Waals surface area contributed by atoms with E-state index in [4.69, 9.17) is 0 Å². The molecule has 0 unspecified atom stereocenters. The Hall–Kier alpha value is -1.12. The number of hydrogen-bond acceptors (Lipinski definition) is 3. The molecule has 1 aromatic rings. The quantitative estimate of drug-likeness (QED) is 0.521. The summed E-state index contributed by atoms with van der Waals surface area (Å²) in [6.07, 6.45) is 3.47. The van der Waals surface area contributed by atoms with Gasteiger partial charge in [-0.25, -0.2) is 12.7 Å². The maximum Gasteiger partial charge on any atom is 0.416 e. The second-order valence-electron chi connectivity index (χ2n) is 8.49. The maximum absolute atomic E-state index is 12.7. The van der Waals surface area contributed by atoms with Crippen LogP contribution in [0.3, 0.4) is 0 Å². The van der Waals surface area contributed by atoms with Crippen LogP contribution in [0.5, 0.6) is 0 Å². The van der Waals surface area contributed by atoms with E-state index in [1.165, 1.54) is 30.6 Å². The van der Waals surface area contributed by atoms with E-state index in [1.54, 1.807) is 0 Å². The largest absolute Gasteiger partial charge is 0.416 e. The number of rotatable bonds is 9. The van der Waals surface area contributed by atoms with Gasteiger partial charge in [-0.1, -0.05) is 25.7 Å². The van der Waals surface area contributed by atoms with Gasteiger partial charge in [0, 0.05) is 13.6 Å². The van der Waals surface area contributed by atoms with Crippen molar-refractivity contribution in [2.45, 2.75) is 56.0 Å². The highest BCUT2D eigenvalue weighted by atomic mass is 32.2. The molecule has 1 fully saturated rings. The summed E-state index contributed by atoms with van der Waals surface area (Å²) in [6, 6.07) is 3.73. The molecular formula is C21H33F3N2O2S. The molecule has 4 nitrogen and oxygen atoms in total. The Kier molecular flexibility index (Phi) is 8.55. The van der Waals surface area contributed by atoms with Crippen molar-refractivity contribution < 1.29 is 21.6 Å². The first-order valence-corrected chi connectivity index (χ1v) is 11.7. The number of alkyl halides is 3. The topological polar surface area (TPSA) is 40.6 Å². The number of sulfonamides is 1. The molecule has 1 aliphatic rings. The zero-order chi connectivity index (χ0) is 21.7. The fraction of sp³-hybridized carbons (Fsp3) is 0.714. The standard InChI is InChI=1S/C21H33F3N2O2S/c1-25(2)15-5-4-6-17-7-9-18(10-8-17)16-26(3)29(27,28)20-13-11-19(12-14-20)21(22,23)24/h11-14,17-18H,4-10,15-16H2,1-3H3/t17-,18-. The van der Waals surface area contributed by atoms with Gasteiger partial charge >= 0.3 is 6.18 Å². The van der Waals surface area contributed by atoms with Crippen LogP contribution in [-0.2, 0) is 16.2 Å². The van der Waals surface area contributed by atoms with Crippen molar-refractivity contribution in [1.29, 1.82) is 0 Å². The average molecular weight is 435 g/mol. The van der Waals surface area contributed by atoms with E-state index < -0.39 is 21.8 Å². The molecule has 166 valence electrons. The third kappa shape index (κ3) is 7.26. The van der Waals surface area contributed by atoms with Crippen LogP contribution in [0.4, 0.5) is 13.2 Å². The fourth-order valence-corrected chi connectivity index (χ4v) is 5.27. The zero-order valence-corrected chi connectivity index (χ0v) is 18.4. The van der Waals surface area contributed by atoms with Gasteiger partial charge in [0.2, 0.25) is 10.0 Å². The van der Waals surface area contributed by atoms with Crippen molar-refractivity contribution in [3.8, 4) is 0 Å². The number of unbranched alkanes of at least 4 members (excludes halogenated alkanes) is 1. The molecular weight excluding hydrogens is 401 g/mol. The lowest BCUT2D eigenvalue weighted by Gasteiger charge is -2.31. The summed E-state index contributed by atoms with van der Waals surface area (Å²) >= 11 is 0. The molecule has 0 saturated heterocycles. The van der Waals surface area contributed by atoms with Gasteiger partial charge in [0.25, 0.3) is 0 Å². The Bertz CT molecular complexity index is 725. The summed E-state index contributed by atoms with van der Waals surface area (Å²) in [7, 11) is 1.90. The zero-order valence-electron chi connectivity index (χ0n) is 17.6. The summed E-state index contributed by atoms with van der Waals surface area (Å²) in [4.78, 5) is 2.10. The first-order valence-electron chi connectivity index (χ1n) is 10.3. The van der Waals surface area contributed by atoms with Crippen LogP contribution in [0.25, 0.3) is 0 Å². The third-order valence-corrected chi connectivity index (χ3v) is 7.68. The van der Waals surface area contributed by atoms with Crippen LogP contribution in [0.2, 0.25) is 0 Å². The summed E-state index contributed by atoms with van der Waals surface area (Å²) < 4.78 is 64.8. The highest BCUT2D eigenvalue weighted by Gasteiger charge is 2.32. The Morgan fingerprint density at radius 2 is 1.48 bits per heavy atom. The van der Waals surface area contributed by atoms with Crippen LogP contribution in [0, 0.1) is 11.8 Å². The van der Waals surface area contributed by atoms with E-state index in [0.717, 1.165) is 62.4 Å². The first-order chi connectivity index (χ1) is 13.5. The molecule has 0 N–H and O–H groups in total. The molecule has 0 bridgehead atoms. The molecule has 0 spiro atoms. The predicted octanol–water partition coefficient (Wildman–Crippen LogP) is 4.86. The van der Waals surface area contributed by atoms with Crippen LogP contribution in [0.1, 0.15) is 50.5 Å². The molecule has 29 heavy (non-hydrogen) atoms. The number of nitrogens with zero attached hydrogens (tertiary/aromatic N) is 2. The molecule has 1 aliphatic carbocycles. The van der Waals surface area contributed by atoms with Crippen molar-refractivity contribution >= 4 is 10.0 Å². The maximum atomic E-state index is 12.7. The molecule has 1 saturated carbocycles. The van der Waals surface area contributed by atoms with Crippen molar-refractivity contribution in [2.75, 3.05) is 34.2 Å². The minimum absolute atomic E-state index is 0.0948. The number of benzene rings is 1. The lowest BCUT2D eigenvalue weighted by Crippen LogP contribution is -2.33. The monoisotopic (exact) mass is 434 g/mol. The van der Waals surface area contributed by atoms with E-state index in [-0.39, 0.29) is 4.90 Å². The van der Waals surface area contributed by atoms with Gasteiger partial charge in [-0.3, -0.25) is 0 Å². The molecule has 8 heteroatoms. The first kappa shape index (κ1) is 24.2. The van der Waals surface area contributed by atoms with Crippen molar-refractivity contribution in [1.82, 2.24) is 9.21 Å². The van der Waals surface area contributed by atoms with Gasteiger partial charge in [-0.15, -0.1) is 0 Å². The normalized spacial score (nSPS) is 21.1. The van der Waals surface area contributed by atoms with Crippen molar-refractivity contribution in [2.24, 2.45) is 11.8 Å². The van der Waals surface area contributed by atoms with Gasteiger partial charge in [0.1, 0.15) is 0 Å². The molecule has 0 aromatic heterocycles. The van der Waals surface area contributed by atoms with Crippen LogP contribution in [-0.4, -0.2) is 51.9 Å². The Balaban J connectivity index is 1.83. The summed E-state index contributed by atoms with van der Waals surface area (Å²) in [6.45, 7) is 1.53. The Morgan fingerprint density at radius 1 is 0.931 bits per heavy atom. The predicted molar refractivity (Wildman–Crippen MR) is 109 cm³/mol. The summed E-state index contributed by atoms with van der Waals surface area (Å²) in [5.74, 6) is 1.03.